The number of aromatic amines is 1. The number of anilines is 2. The fourth-order valence-corrected chi connectivity index (χ4v) is 2.22. The van der Waals surface area contributed by atoms with Crippen LogP contribution in [-0.2, 0) is 6.42 Å². The van der Waals surface area contributed by atoms with Crippen LogP contribution in [0.3, 0.4) is 0 Å². The van der Waals surface area contributed by atoms with Gasteiger partial charge in [-0.3, -0.25) is 9.89 Å². The van der Waals surface area contributed by atoms with Gasteiger partial charge in [-0.05, 0) is 44.5 Å². The normalized spacial score (nSPS) is 10.9. The molecule has 0 unspecified atom stereocenters. The van der Waals surface area contributed by atoms with Crippen molar-refractivity contribution in [1.29, 1.82) is 0 Å². The van der Waals surface area contributed by atoms with E-state index in [0.29, 0.717) is 17.1 Å². The molecule has 6 heteroatoms. The number of carbonyl (C=O) groups excluding carboxylic acids is 1. The molecule has 0 saturated heterocycles. The van der Waals surface area contributed by atoms with Gasteiger partial charge in [0, 0.05) is 24.5 Å². The Morgan fingerprint density at radius 3 is 2.74 bits per heavy atom. The Bertz CT molecular complexity index is 681. The van der Waals surface area contributed by atoms with Gasteiger partial charge in [0.05, 0.1) is 5.69 Å². The first-order valence-corrected chi connectivity index (χ1v) is 7.80. The Balaban J connectivity index is 2.10. The zero-order valence-corrected chi connectivity index (χ0v) is 14.0. The second-order valence-electron chi connectivity index (χ2n) is 5.85. The van der Waals surface area contributed by atoms with E-state index in [0.717, 1.165) is 18.5 Å². The molecule has 0 radical (unpaired) electrons. The molecule has 23 heavy (non-hydrogen) atoms. The number of nitrogens with one attached hydrogen (secondary N) is 2. The molecule has 0 bridgehead atoms. The molecule has 5 nitrogen and oxygen atoms in total. The van der Waals surface area contributed by atoms with Crippen LogP contribution in [0.15, 0.2) is 24.3 Å². The van der Waals surface area contributed by atoms with E-state index < -0.39 is 0 Å². The third kappa shape index (κ3) is 4.09. The summed E-state index contributed by atoms with van der Waals surface area (Å²) in [4.78, 5) is 14.0. The van der Waals surface area contributed by atoms with Gasteiger partial charge in [0.2, 0.25) is 0 Å². The van der Waals surface area contributed by atoms with Gasteiger partial charge in [-0.15, -0.1) is 0 Å². The summed E-state index contributed by atoms with van der Waals surface area (Å²) in [7, 11) is 1.83. The van der Waals surface area contributed by atoms with Gasteiger partial charge in [-0.25, -0.2) is 4.39 Å². The first kappa shape index (κ1) is 17.0. The highest BCUT2D eigenvalue weighted by atomic mass is 19.1. The van der Waals surface area contributed by atoms with E-state index in [-0.39, 0.29) is 17.8 Å². The van der Waals surface area contributed by atoms with Crippen LogP contribution in [0.5, 0.6) is 0 Å². The molecule has 0 saturated carbocycles. The third-order valence-corrected chi connectivity index (χ3v) is 3.74. The van der Waals surface area contributed by atoms with Gasteiger partial charge in [-0.2, -0.15) is 5.10 Å². The van der Waals surface area contributed by atoms with Gasteiger partial charge < -0.3 is 10.2 Å². The molecule has 1 heterocycles. The van der Waals surface area contributed by atoms with Crippen LogP contribution < -0.4 is 10.2 Å². The molecular weight excluding hydrogens is 295 g/mol. The predicted octanol–water partition coefficient (Wildman–Crippen LogP) is 3.60. The van der Waals surface area contributed by atoms with E-state index in [2.05, 4.69) is 22.4 Å². The Labute approximate surface area is 135 Å². The van der Waals surface area contributed by atoms with Crippen molar-refractivity contribution in [2.75, 3.05) is 17.3 Å². The second-order valence-corrected chi connectivity index (χ2v) is 5.85. The van der Waals surface area contributed by atoms with Gasteiger partial charge in [0.15, 0.2) is 5.69 Å². The zero-order chi connectivity index (χ0) is 17.0. The predicted molar refractivity (Wildman–Crippen MR) is 90.5 cm³/mol. The lowest BCUT2D eigenvalue weighted by Gasteiger charge is -2.24. The molecule has 0 aliphatic rings. The highest BCUT2D eigenvalue weighted by molar-refractivity contribution is 6.03. The minimum atomic E-state index is -0.368. The van der Waals surface area contributed by atoms with E-state index >= 15 is 0 Å². The van der Waals surface area contributed by atoms with Crippen molar-refractivity contribution in [2.45, 2.75) is 39.7 Å². The number of aromatic nitrogens is 2. The van der Waals surface area contributed by atoms with E-state index in [9.17, 15) is 9.18 Å². The lowest BCUT2D eigenvalue weighted by Crippen LogP contribution is -2.26. The quantitative estimate of drug-likeness (QED) is 0.855. The third-order valence-electron chi connectivity index (χ3n) is 3.74. The second kappa shape index (κ2) is 7.26. The van der Waals surface area contributed by atoms with E-state index in [1.807, 2.05) is 25.8 Å². The lowest BCUT2D eigenvalue weighted by atomic mass is 10.2. The smallest absolute Gasteiger partial charge is 0.276 e. The summed E-state index contributed by atoms with van der Waals surface area (Å²) < 4.78 is 14.2. The minimum Gasteiger partial charge on any atom is -0.370 e. The zero-order valence-electron chi connectivity index (χ0n) is 14.0. The van der Waals surface area contributed by atoms with Crippen LogP contribution in [0.2, 0.25) is 0 Å². The maximum Gasteiger partial charge on any atom is 0.276 e. The first-order valence-electron chi connectivity index (χ1n) is 7.80. The molecule has 0 aliphatic heterocycles. The Morgan fingerprint density at radius 1 is 1.39 bits per heavy atom. The number of aryl methyl sites for hydroxylation is 1. The van der Waals surface area contributed by atoms with Crippen molar-refractivity contribution < 1.29 is 9.18 Å². The molecule has 1 aromatic heterocycles. The standard InChI is InChI=1S/C17H23FN4O/c1-5-6-13-10-15(21-20-13)17(23)19-12-7-8-16(14(18)9-12)22(4)11(2)3/h7-11H,5-6H2,1-4H3,(H,19,23)(H,20,21). The van der Waals surface area contributed by atoms with Crippen molar-refractivity contribution in [3.63, 3.8) is 0 Å². The number of carbonyl (C=O) groups is 1. The summed E-state index contributed by atoms with van der Waals surface area (Å²) in [6.07, 6.45) is 1.81. The minimum absolute atomic E-state index is 0.186. The van der Waals surface area contributed by atoms with Crippen molar-refractivity contribution in [2.24, 2.45) is 0 Å². The van der Waals surface area contributed by atoms with Crippen molar-refractivity contribution in [1.82, 2.24) is 10.2 Å². The van der Waals surface area contributed by atoms with Crippen molar-refractivity contribution >= 4 is 17.3 Å². The number of hydrogen-bond donors (Lipinski definition) is 2. The molecule has 1 aromatic carbocycles. The number of hydrogen-bond acceptors (Lipinski definition) is 3. The molecule has 0 spiro atoms. The van der Waals surface area contributed by atoms with Gasteiger partial charge in [-0.1, -0.05) is 13.3 Å². The molecule has 0 fully saturated rings. The first-order chi connectivity index (χ1) is 10.9. The SMILES string of the molecule is CCCc1cc(C(=O)Nc2ccc(N(C)C(C)C)c(F)c2)n[nH]1. The van der Waals surface area contributed by atoms with E-state index in [4.69, 9.17) is 0 Å². The molecule has 2 rings (SSSR count). The monoisotopic (exact) mass is 318 g/mol. The Kier molecular flexibility index (Phi) is 5.36. The summed E-state index contributed by atoms with van der Waals surface area (Å²) in [5, 5.41) is 9.48. The number of amides is 1. The summed E-state index contributed by atoms with van der Waals surface area (Å²) in [5.74, 6) is -0.722. The van der Waals surface area contributed by atoms with Crippen LogP contribution in [-0.4, -0.2) is 29.2 Å². The average molecular weight is 318 g/mol. The number of halogens is 1. The molecule has 1 amide bonds. The van der Waals surface area contributed by atoms with Crippen molar-refractivity contribution in [3.05, 3.63) is 41.5 Å². The number of rotatable bonds is 6. The maximum absolute atomic E-state index is 14.2. The summed E-state index contributed by atoms with van der Waals surface area (Å²) in [6.45, 7) is 6.03. The van der Waals surface area contributed by atoms with Crippen LogP contribution in [0, 0.1) is 5.82 Å². The average Bonchev–Trinajstić information content (AvgIpc) is 2.96. The van der Waals surface area contributed by atoms with Crippen LogP contribution in [0.25, 0.3) is 0 Å². The van der Waals surface area contributed by atoms with Crippen LogP contribution in [0.1, 0.15) is 43.4 Å². The largest absolute Gasteiger partial charge is 0.370 e. The Morgan fingerprint density at radius 2 is 2.13 bits per heavy atom. The number of H-pyrrole nitrogens is 1. The van der Waals surface area contributed by atoms with Gasteiger partial charge >= 0.3 is 0 Å². The summed E-state index contributed by atoms with van der Waals surface area (Å²) in [6, 6.07) is 6.58. The molecule has 124 valence electrons. The van der Waals surface area contributed by atoms with Gasteiger partial charge in [0.25, 0.3) is 5.91 Å². The van der Waals surface area contributed by atoms with E-state index in [1.54, 1.807) is 18.2 Å². The van der Waals surface area contributed by atoms with Crippen LogP contribution >= 0.6 is 0 Å². The number of nitrogens with zero attached hydrogens (tertiary/aromatic N) is 2. The van der Waals surface area contributed by atoms with Crippen LogP contribution in [0.4, 0.5) is 15.8 Å². The number of benzene rings is 1. The molecule has 2 N–H and O–H groups in total. The molecule has 2 aromatic rings. The molecule has 0 aliphatic carbocycles. The Hall–Kier alpha value is -2.37. The summed E-state index contributed by atoms with van der Waals surface area (Å²) >= 11 is 0. The molecular formula is C17H23FN4O. The van der Waals surface area contributed by atoms with Crippen molar-refractivity contribution in [3.8, 4) is 0 Å². The highest BCUT2D eigenvalue weighted by Gasteiger charge is 2.14. The topological polar surface area (TPSA) is 61.0 Å². The molecule has 0 atom stereocenters. The fraction of sp³-hybridized carbons (Fsp3) is 0.412. The highest BCUT2D eigenvalue weighted by Crippen LogP contribution is 2.23. The maximum atomic E-state index is 14.2. The fourth-order valence-electron chi connectivity index (χ4n) is 2.22. The summed E-state index contributed by atoms with van der Waals surface area (Å²) in [5.41, 5.74) is 2.13. The van der Waals surface area contributed by atoms with Gasteiger partial charge in [0.1, 0.15) is 5.82 Å². The lowest BCUT2D eigenvalue weighted by molar-refractivity contribution is 0.102. The van der Waals surface area contributed by atoms with E-state index in [1.165, 1.54) is 6.07 Å².